The van der Waals surface area contributed by atoms with Crippen LogP contribution in [0.2, 0.25) is 0 Å². The summed E-state index contributed by atoms with van der Waals surface area (Å²) in [4.78, 5) is 28.3. The number of nitrogens with zero attached hydrogens (tertiary/aromatic N) is 2. The molecule has 2 rings (SSSR count). The molecule has 2 unspecified atom stereocenters. The third-order valence-corrected chi connectivity index (χ3v) is 4.43. The maximum Gasteiger partial charge on any atom is 0.245 e. The third kappa shape index (κ3) is 3.14. The van der Waals surface area contributed by atoms with E-state index in [0.29, 0.717) is 12.5 Å². The summed E-state index contributed by atoms with van der Waals surface area (Å²) < 4.78 is 0. The molecule has 0 radical (unpaired) electrons. The van der Waals surface area contributed by atoms with Gasteiger partial charge in [-0.2, -0.15) is 0 Å². The number of nitrogens with one attached hydrogen (secondary N) is 1. The van der Waals surface area contributed by atoms with E-state index in [0.717, 1.165) is 32.4 Å². The van der Waals surface area contributed by atoms with Crippen LogP contribution in [0.25, 0.3) is 0 Å². The van der Waals surface area contributed by atoms with E-state index in [1.165, 1.54) is 0 Å². The van der Waals surface area contributed by atoms with Crippen molar-refractivity contribution in [2.45, 2.75) is 52.1 Å². The van der Waals surface area contributed by atoms with Crippen molar-refractivity contribution < 1.29 is 9.59 Å². The fourth-order valence-electron chi connectivity index (χ4n) is 3.19. The van der Waals surface area contributed by atoms with Gasteiger partial charge >= 0.3 is 0 Å². The number of piperazine rings is 1. The normalized spacial score (nSPS) is 25.1. The van der Waals surface area contributed by atoms with Crippen LogP contribution >= 0.6 is 0 Å². The number of carbonyl (C=O) groups excluding carboxylic acids is 2. The quantitative estimate of drug-likeness (QED) is 0.812. The Bertz CT molecular complexity index is 370. The molecule has 2 aliphatic rings. The summed E-state index contributed by atoms with van der Waals surface area (Å²) >= 11 is 0. The SMILES string of the molecule is CCNC(CN1CC(=O)N2CCCCC2C1=O)C(C)C. The molecule has 0 aromatic heterocycles. The van der Waals surface area contributed by atoms with E-state index in [4.69, 9.17) is 0 Å². The van der Waals surface area contributed by atoms with Gasteiger partial charge in [0.05, 0.1) is 6.54 Å². The van der Waals surface area contributed by atoms with Gasteiger partial charge < -0.3 is 15.1 Å². The average Bonchev–Trinajstić information content (AvgIpc) is 2.43. The number of rotatable bonds is 5. The number of fused-ring (bicyclic) bond motifs is 1. The van der Waals surface area contributed by atoms with Crippen LogP contribution in [0, 0.1) is 5.92 Å². The molecule has 5 heteroatoms. The van der Waals surface area contributed by atoms with Gasteiger partial charge in [0.25, 0.3) is 0 Å². The third-order valence-electron chi connectivity index (χ3n) is 4.43. The number of carbonyl (C=O) groups is 2. The van der Waals surface area contributed by atoms with Crippen molar-refractivity contribution in [2.75, 3.05) is 26.2 Å². The molecular formula is C15H27N3O2. The molecule has 2 saturated heterocycles. The Balaban J connectivity index is 2.04. The molecule has 20 heavy (non-hydrogen) atoms. The van der Waals surface area contributed by atoms with Gasteiger partial charge in [-0.05, 0) is 31.7 Å². The van der Waals surface area contributed by atoms with E-state index >= 15 is 0 Å². The topological polar surface area (TPSA) is 52.7 Å². The Labute approximate surface area is 121 Å². The van der Waals surface area contributed by atoms with Gasteiger partial charge in [-0.1, -0.05) is 20.8 Å². The van der Waals surface area contributed by atoms with Gasteiger partial charge in [0.2, 0.25) is 11.8 Å². The standard InChI is InChI=1S/C15H27N3O2/c1-4-16-12(11(2)3)9-17-10-14(19)18-8-6-5-7-13(18)15(17)20/h11-13,16H,4-10H2,1-3H3. The number of hydrogen-bond donors (Lipinski definition) is 1. The summed E-state index contributed by atoms with van der Waals surface area (Å²) in [6, 6.07) is 0.0614. The van der Waals surface area contributed by atoms with Crippen LogP contribution in [0.3, 0.4) is 0 Å². The van der Waals surface area contributed by atoms with Crippen molar-refractivity contribution in [3.8, 4) is 0 Å². The lowest BCUT2D eigenvalue weighted by Crippen LogP contribution is -2.63. The summed E-state index contributed by atoms with van der Waals surface area (Å²) in [7, 11) is 0. The maximum absolute atomic E-state index is 12.6. The van der Waals surface area contributed by atoms with E-state index in [2.05, 4.69) is 26.1 Å². The lowest BCUT2D eigenvalue weighted by atomic mass is 9.97. The summed E-state index contributed by atoms with van der Waals surface area (Å²) in [6.07, 6.45) is 2.91. The van der Waals surface area contributed by atoms with E-state index in [1.54, 1.807) is 9.80 Å². The maximum atomic E-state index is 12.6. The Morgan fingerprint density at radius 3 is 2.70 bits per heavy atom. The first-order valence-corrected chi connectivity index (χ1v) is 7.86. The first-order valence-electron chi connectivity index (χ1n) is 7.86. The minimum Gasteiger partial charge on any atom is -0.330 e. The molecule has 5 nitrogen and oxygen atoms in total. The summed E-state index contributed by atoms with van der Waals surface area (Å²) in [5.41, 5.74) is 0. The predicted octanol–water partition coefficient (Wildman–Crippen LogP) is 0.844. The second-order valence-corrected chi connectivity index (χ2v) is 6.23. The molecule has 2 amide bonds. The smallest absolute Gasteiger partial charge is 0.245 e. The van der Waals surface area contributed by atoms with Gasteiger partial charge in [-0.25, -0.2) is 0 Å². The lowest BCUT2D eigenvalue weighted by Gasteiger charge is -2.44. The molecule has 2 heterocycles. The predicted molar refractivity (Wildman–Crippen MR) is 78.2 cm³/mol. The second kappa shape index (κ2) is 6.57. The van der Waals surface area contributed by atoms with Gasteiger partial charge in [0.15, 0.2) is 0 Å². The second-order valence-electron chi connectivity index (χ2n) is 6.23. The highest BCUT2D eigenvalue weighted by Crippen LogP contribution is 2.23. The van der Waals surface area contributed by atoms with Crippen LogP contribution in [0.15, 0.2) is 0 Å². The highest BCUT2D eigenvalue weighted by Gasteiger charge is 2.40. The molecule has 0 aromatic rings. The molecule has 1 N–H and O–H groups in total. The molecule has 0 aliphatic carbocycles. The Hall–Kier alpha value is -1.10. The van der Waals surface area contributed by atoms with Crippen LogP contribution < -0.4 is 5.32 Å². The van der Waals surface area contributed by atoms with E-state index < -0.39 is 0 Å². The Morgan fingerprint density at radius 1 is 1.30 bits per heavy atom. The van der Waals surface area contributed by atoms with Crippen LogP contribution in [0.5, 0.6) is 0 Å². The molecule has 0 bridgehead atoms. The van der Waals surface area contributed by atoms with Crippen LogP contribution in [0.4, 0.5) is 0 Å². The molecule has 0 spiro atoms. The van der Waals surface area contributed by atoms with Crippen molar-refractivity contribution in [1.29, 1.82) is 0 Å². The van der Waals surface area contributed by atoms with E-state index in [9.17, 15) is 9.59 Å². The first kappa shape index (κ1) is 15.3. The van der Waals surface area contributed by atoms with Crippen LogP contribution in [0.1, 0.15) is 40.0 Å². The number of piperidine rings is 1. The number of amides is 2. The number of hydrogen-bond acceptors (Lipinski definition) is 3. The highest BCUT2D eigenvalue weighted by atomic mass is 16.2. The molecular weight excluding hydrogens is 254 g/mol. The van der Waals surface area contributed by atoms with Gasteiger partial charge in [-0.3, -0.25) is 9.59 Å². The molecule has 114 valence electrons. The van der Waals surface area contributed by atoms with Gasteiger partial charge in [0, 0.05) is 19.1 Å². The molecule has 2 atom stereocenters. The largest absolute Gasteiger partial charge is 0.330 e. The zero-order chi connectivity index (χ0) is 14.7. The first-order chi connectivity index (χ1) is 9.54. The van der Waals surface area contributed by atoms with E-state index in [-0.39, 0.29) is 30.4 Å². The van der Waals surface area contributed by atoms with Crippen molar-refractivity contribution in [1.82, 2.24) is 15.1 Å². The number of likely N-dealkylation sites (N-methyl/N-ethyl adjacent to an activating group) is 1. The fourth-order valence-corrected chi connectivity index (χ4v) is 3.19. The zero-order valence-electron chi connectivity index (χ0n) is 12.9. The van der Waals surface area contributed by atoms with Gasteiger partial charge in [-0.15, -0.1) is 0 Å². The van der Waals surface area contributed by atoms with Crippen molar-refractivity contribution >= 4 is 11.8 Å². The lowest BCUT2D eigenvalue weighted by molar-refractivity contribution is -0.158. The van der Waals surface area contributed by atoms with Crippen molar-refractivity contribution in [3.05, 3.63) is 0 Å². The van der Waals surface area contributed by atoms with E-state index in [1.807, 2.05) is 0 Å². The van der Waals surface area contributed by atoms with Gasteiger partial charge in [0.1, 0.15) is 6.04 Å². The van der Waals surface area contributed by atoms with Crippen molar-refractivity contribution in [3.63, 3.8) is 0 Å². The average molecular weight is 281 g/mol. The molecule has 2 aliphatic heterocycles. The highest BCUT2D eigenvalue weighted by molar-refractivity contribution is 5.95. The molecule has 2 fully saturated rings. The summed E-state index contributed by atoms with van der Waals surface area (Å²) in [5, 5.41) is 3.42. The van der Waals surface area contributed by atoms with Crippen molar-refractivity contribution in [2.24, 2.45) is 5.92 Å². The van der Waals surface area contributed by atoms with Crippen LogP contribution in [-0.2, 0) is 9.59 Å². The summed E-state index contributed by atoms with van der Waals surface area (Å²) in [5.74, 6) is 0.711. The fraction of sp³-hybridized carbons (Fsp3) is 0.867. The molecule has 0 aromatic carbocycles. The van der Waals surface area contributed by atoms with Crippen LogP contribution in [-0.4, -0.2) is 59.9 Å². The minimum atomic E-state index is -0.195. The minimum absolute atomic E-state index is 0.119. The Kier molecular flexibility index (Phi) is 5.02. The Morgan fingerprint density at radius 2 is 2.05 bits per heavy atom. The summed E-state index contributed by atoms with van der Waals surface area (Å²) in [6.45, 7) is 8.90. The molecule has 0 saturated carbocycles. The zero-order valence-corrected chi connectivity index (χ0v) is 12.9. The monoisotopic (exact) mass is 281 g/mol.